The number of benzene rings is 1. The number of rotatable bonds is 4. The van der Waals surface area contributed by atoms with E-state index in [0.29, 0.717) is 35.6 Å². The van der Waals surface area contributed by atoms with Crippen molar-refractivity contribution in [1.82, 2.24) is 24.6 Å². The topological polar surface area (TPSA) is 83.9 Å². The third-order valence-corrected chi connectivity index (χ3v) is 6.29. The van der Waals surface area contributed by atoms with Crippen molar-refractivity contribution in [2.75, 3.05) is 13.1 Å². The smallest absolute Gasteiger partial charge is 0.262 e. The number of amides is 1. The summed E-state index contributed by atoms with van der Waals surface area (Å²) >= 11 is 0. The van der Waals surface area contributed by atoms with Gasteiger partial charge in [-0.25, -0.2) is 9.67 Å². The minimum atomic E-state index is -0.121. The lowest BCUT2D eigenvalue weighted by atomic mass is 10.0. The van der Waals surface area contributed by atoms with Crippen molar-refractivity contribution in [1.29, 1.82) is 0 Å². The molecule has 1 saturated heterocycles. The molecule has 1 saturated carbocycles. The lowest BCUT2D eigenvalue weighted by molar-refractivity contribution is 0.0787. The second kappa shape index (κ2) is 7.46. The molecule has 1 aromatic carbocycles. The third kappa shape index (κ3) is 3.45. The van der Waals surface area contributed by atoms with Gasteiger partial charge in [0.2, 0.25) is 0 Å². The highest BCUT2D eigenvalue weighted by molar-refractivity contribution is 5.94. The Balaban J connectivity index is 1.39. The fourth-order valence-electron chi connectivity index (χ4n) is 4.72. The van der Waals surface area contributed by atoms with Crippen molar-refractivity contribution in [2.24, 2.45) is 5.92 Å². The number of hydrogen-bond acceptors (Lipinski definition) is 4. The standard InChI is InChI=1S/C22H25N5O2/c28-21-18-13-23-27(20(18)24-19(25-21)12-15-6-4-5-7-15)17-10-11-26(14-17)22(29)16-8-2-1-3-9-16/h1-3,8-9,13,15,17H,4-7,10-12,14H2,(H,24,25,28). The fourth-order valence-corrected chi connectivity index (χ4v) is 4.72. The first-order valence-electron chi connectivity index (χ1n) is 10.5. The van der Waals surface area contributed by atoms with Crippen molar-refractivity contribution in [2.45, 2.75) is 44.6 Å². The molecule has 1 aliphatic carbocycles. The van der Waals surface area contributed by atoms with Gasteiger partial charge >= 0.3 is 0 Å². The van der Waals surface area contributed by atoms with Crippen LogP contribution in [0.2, 0.25) is 0 Å². The van der Waals surface area contributed by atoms with Crippen LogP contribution in [0.15, 0.2) is 41.3 Å². The first-order chi connectivity index (χ1) is 14.2. The fraction of sp³-hybridized carbons (Fsp3) is 0.455. The van der Waals surface area contributed by atoms with Crippen molar-refractivity contribution in [3.63, 3.8) is 0 Å². The van der Waals surface area contributed by atoms with Crippen LogP contribution in [-0.4, -0.2) is 43.6 Å². The monoisotopic (exact) mass is 391 g/mol. The van der Waals surface area contributed by atoms with Crippen LogP contribution in [0.3, 0.4) is 0 Å². The predicted molar refractivity (Wildman–Crippen MR) is 110 cm³/mol. The number of aromatic amines is 1. The molecule has 7 heteroatoms. The summed E-state index contributed by atoms with van der Waals surface area (Å²) in [5.74, 6) is 1.40. The Morgan fingerprint density at radius 1 is 1.14 bits per heavy atom. The number of H-pyrrole nitrogens is 1. The van der Waals surface area contributed by atoms with Crippen LogP contribution in [0.1, 0.15) is 54.3 Å². The van der Waals surface area contributed by atoms with E-state index in [1.807, 2.05) is 39.9 Å². The molecule has 1 aliphatic heterocycles. The zero-order chi connectivity index (χ0) is 19.8. The van der Waals surface area contributed by atoms with Crippen molar-refractivity contribution in [3.05, 3.63) is 58.3 Å². The first kappa shape index (κ1) is 18.1. The molecule has 0 bridgehead atoms. The van der Waals surface area contributed by atoms with E-state index in [1.165, 1.54) is 25.7 Å². The Morgan fingerprint density at radius 2 is 1.93 bits per heavy atom. The van der Waals surface area contributed by atoms with E-state index >= 15 is 0 Å². The summed E-state index contributed by atoms with van der Waals surface area (Å²) in [5.41, 5.74) is 1.22. The number of nitrogens with zero attached hydrogens (tertiary/aromatic N) is 4. The maximum absolute atomic E-state index is 12.8. The minimum Gasteiger partial charge on any atom is -0.336 e. The van der Waals surface area contributed by atoms with E-state index in [-0.39, 0.29) is 17.5 Å². The van der Waals surface area contributed by atoms with Crippen LogP contribution in [0, 0.1) is 5.92 Å². The molecule has 2 aliphatic rings. The van der Waals surface area contributed by atoms with E-state index in [1.54, 1.807) is 6.20 Å². The van der Waals surface area contributed by atoms with Gasteiger partial charge in [0.15, 0.2) is 5.65 Å². The lowest BCUT2D eigenvalue weighted by Gasteiger charge is -2.17. The van der Waals surface area contributed by atoms with Crippen molar-refractivity contribution in [3.8, 4) is 0 Å². The van der Waals surface area contributed by atoms with E-state index in [4.69, 9.17) is 4.98 Å². The molecule has 1 unspecified atom stereocenters. The van der Waals surface area contributed by atoms with Crippen LogP contribution in [0.5, 0.6) is 0 Å². The molecular formula is C22H25N5O2. The summed E-state index contributed by atoms with van der Waals surface area (Å²) in [7, 11) is 0. The van der Waals surface area contributed by atoms with E-state index in [9.17, 15) is 9.59 Å². The number of carbonyl (C=O) groups is 1. The molecule has 3 heterocycles. The minimum absolute atomic E-state index is 0.0359. The molecule has 1 N–H and O–H groups in total. The largest absolute Gasteiger partial charge is 0.336 e. The van der Waals surface area contributed by atoms with Gasteiger partial charge in [-0.2, -0.15) is 5.10 Å². The van der Waals surface area contributed by atoms with Gasteiger partial charge in [0.25, 0.3) is 11.5 Å². The molecule has 7 nitrogen and oxygen atoms in total. The summed E-state index contributed by atoms with van der Waals surface area (Å²) in [6.45, 7) is 1.26. The van der Waals surface area contributed by atoms with Crippen LogP contribution in [-0.2, 0) is 6.42 Å². The van der Waals surface area contributed by atoms with Crippen LogP contribution in [0.25, 0.3) is 11.0 Å². The van der Waals surface area contributed by atoms with Gasteiger partial charge in [-0.3, -0.25) is 9.59 Å². The van der Waals surface area contributed by atoms with Gasteiger partial charge in [0.1, 0.15) is 11.2 Å². The van der Waals surface area contributed by atoms with Gasteiger partial charge in [0.05, 0.1) is 12.2 Å². The maximum atomic E-state index is 12.8. The highest BCUT2D eigenvalue weighted by atomic mass is 16.2. The molecule has 1 amide bonds. The third-order valence-electron chi connectivity index (χ3n) is 6.29. The van der Waals surface area contributed by atoms with E-state index < -0.39 is 0 Å². The number of likely N-dealkylation sites (tertiary alicyclic amines) is 1. The highest BCUT2D eigenvalue weighted by Gasteiger charge is 2.30. The molecule has 2 fully saturated rings. The number of carbonyl (C=O) groups excluding carboxylic acids is 1. The van der Waals surface area contributed by atoms with Gasteiger partial charge in [0, 0.05) is 25.1 Å². The Hall–Kier alpha value is -2.96. The second-order valence-corrected chi connectivity index (χ2v) is 8.25. The summed E-state index contributed by atoms with van der Waals surface area (Å²) in [6, 6.07) is 9.39. The molecule has 2 aromatic heterocycles. The average Bonchev–Trinajstić information content (AvgIpc) is 3.48. The Bertz CT molecular complexity index is 1080. The molecule has 150 valence electrons. The van der Waals surface area contributed by atoms with Crippen LogP contribution >= 0.6 is 0 Å². The Labute approximate surface area is 168 Å². The van der Waals surface area contributed by atoms with Gasteiger partial charge in [-0.1, -0.05) is 43.9 Å². The number of hydrogen-bond donors (Lipinski definition) is 1. The number of fused-ring (bicyclic) bond motifs is 1. The van der Waals surface area contributed by atoms with Gasteiger partial charge < -0.3 is 9.88 Å². The quantitative estimate of drug-likeness (QED) is 0.741. The van der Waals surface area contributed by atoms with Crippen LogP contribution < -0.4 is 5.56 Å². The summed E-state index contributed by atoms with van der Waals surface area (Å²) in [5, 5.41) is 5.00. The lowest BCUT2D eigenvalue weighted by Crippen LogP contribution is -2.29. The second-order valence-electron chi connectivity index (χ2n) is 8.25. The molecule has 0 spiro atoms. The maximum Gasteiger partial charge on any atom is 0.262 e. The predicted octanol–water partition coefficient (Wildman–Crippen LogP) is 2.94. The van der Waals surface area contributed by atoms with Gasteiger partial charge in [-0.05, 0) is 24.5 Å². The van der Waals surface area contributed by atoms with Crippen molar-refractivity contribution < 1.29 is 4.79 Å². The molecule has 3 aromatic rings. The zero-order valence-electron chi connectivity index (χ0n) is 16.4. The van der Waals surface area contributed by atoms with E-state index in [0.717, 1.165) is 18.7 Å². The number of nitrogens with one attached hydrogen (secondary N) is 1. The summed E-state index contributed by atoms with van der Waals surface area (Å²) < 4.78 is 1.85. The van der Waals surface area contributed by atoms with E-state index in [2.05, 4.69) is 10.1 Å². The highest BCUT2D eigenvalue weighted by Crippen LogP contribution is 2.28. The van der Waals surface area contributed by atoms with Crippen molar-refractivity contribution >= 4 is 16.9 Å². The van der Waals surface area contributed by atoms with Crippen LogP contribution in [0.4, 0.5) is 0 Å². The Morgan fingerprint density at radius 3 is 2.72 bits per heavy atom. The summed E-state index contributed by atoms with van der Waals surface area (Å²) in [6.07, 6.45) is 8.18. The molecular weight excluding hydrogens is 366 g/mol. The normalized spacial score (nSPS) is 20.0. The van der Waals surface area contributed by atoms with Gasteiger partial charge in [-0.15, -0.1) is 0 Å². The first-order valence-corrected chi connectivity index (χ1v) is 10.5. The molecule has 1 atom stereocenters. The SMILES string of the molecule is O=C(c1ccccc1)N1CCC(n2ncc3c(=O)[nH]c(CC4CCCC4)nc32)C1. The number of aromatic nitrogens is 4. The average molecular weight is 391 g/mol. The zero-order valence-corrected chi connectivity index (χ0v) is 16.4. The molecule has 0 radical (unpaired) electrons. The molecule has 29 heavy (non-hydrogen) atoms. The summed E-state index contributed by atoms with van der Waals surface area (Å²) in [4.78, 5) is 34.9. The Kier molecular flexibility index (Phi) is 4.66. The molecule has 5 rings (SSSR count).